The summed E-state index contributed by atoms with van der Waals surface area (Å²) in [6.45, 7) is -1.03. The van der Waals surface area contributed by atoms with E-state index in [1.54, 1.807) is 6.26 Å². The lowest BCUT2D eigenvalue weighted by Crippen LogP contribution is -2.47. The Balaban J connectivity index is 2.27. The maximum atomic E-state index is 12.0. The van der Waals surface area contributed by atoms with E-state index in [-0.39, 0.29) is 5.75 Å². The van der Waals surface area contributed by atoms with Crippen LogP contribution in [0.2, 0.25) is 0 Å². The van der Waals surface area contributed by atoms with Crippen molar-refractivity contribution in [3.63, 3.8) is 0 Å². The second-order valence-electron chi connectivity index (χ2n) is 6.00. The minimum atomic E-state index is -5.76. The van der Waals surface area contributed by atoms with Crippen molar-refractivity contribution in [1.29, 1.82) is 0 Å². The van der Waals surface area contributed by atoms with Crippen LogP contribution < -0.4 is 11.2 Å². The SMILES string of the molecule is CSC[C@]1(COP(=O)(O)OP(=O)(O)OP(=O)(O)O)OC(n2ccc(=O)[nH]c2=O)=C(Cl)[C@@H]1O. The number of phosphoric acid groups is 3. The molecule has 21 heteroatoms. The number of thioether (sulfide) groups is 1. The fraction of sp³-hybridized carbons (Fsp3) is 0.455. The van der Waals surface area contributed by atoms with Crippen LogP contribution in [0.1, 0.15) is 0 Å². The second kappa shape index (κ2) is 9.84. The van der Waals surface area contributed by atoms with Crippen LogP contribution in [-0.4, -0.2) is 64.6 Å². The molecule has 0 radical (unpaired) electrons. The molecule has 1 aromatic rings. The monoisotopic (exact) mass is 560 g/mol. The predicted molar refractivity (Wildman–Crippen MR) is 108 cm³/mol. The van der Waals surface area contributed by atoms with Crippen LogP contribution in [0.4, 0.5) is 0 Å². The summed E-state index contributed by atoms with van der Waals surface area (Å²) in [6.07, 6.45) is 0.779. The third kappa shape index (κ3) is 6.87. The number of hydrogen-bond donors (Lipinski definition) is 6. The highest BCUT2D eigenvalue weighted by atomic mass is 35.5. The van der Waals surface area contributed by atoms with Crippen LogP contribution in [0.3, 0.4) is 0 Å². The largest absolute Gasteiger partial charge is 0.490 e. The molecule has 0 saturated carbocycles. The van der Waals surface area contributed by atoms with E-state index in [1.165, 1.54) is 0 Å². The smallest absolute Gasteiger partial charge is 0.464 e. The van der Waals surface area contributed by atoms with Gasteiger partial charge in [0.05, 0.1) is 0 Å². The normalized spacial score (nSPS) is 25.3. The van der Waals surface area contributed by atoms with Gasteiger partial charge in [0.15, 0.2) is 5.60 Å². The molecule has 1 aliphatic rings. The molecular weight excluding hydrogens is 545 g/mol. The first-order valence-corrected chi connectivity index (χ1v) is 14.2. The van der Waals surface area contributed by atoms with Crippen LogP contribution >= 0.6 is 46.8 Å². The third-order valence-corrected chi connectivity index (χ3v) is 8.49. The number of aliphatic hydroxyl groups is 1. The molecule has 2 unspecified atom stereocenters. The van der Waals surface area contributed by atoms with Gasteiger partial charge in [-0.2, -0.15) is 20.4 Å². The van der Waals surface area contributed by atoms with Crippen molar-refractivity contribution in [2.45, 2.75) is 11.7 Å². The van der Waals surface area contributed by atoms with E-state index in [1.807, 2.05) is 4.98 Å². The minimum Gasteiger partial charge on any atom is -0.464 e. The van der Waals surface area contributed by atoms with E-state index in [0.717, 1.165) is 28.6 Å². The summed E-state index contributed by atoms with van der Waals surface area (Å²) in [5.74, 6) is -0.619. The van der Waals surface area contributed by atoms with Crippen molar-refractivity contribution in [3.8, 4) is 0 Å². The molecule has 2 rings (SSSR count). The number of hydrogen-bond acceptors (Lipinski definition) is 11. The highest BCUT2D eigenvalue weighted by Gasteiger charge is 2.52. The van der Waals surface area contributed by atoms with Gasteiger partial charge >= 0.3 is 29.2 Å². The van der Waals surface area contributed by atoms with Crippen molar-refractivity contribution in [1.82, 2.24) is 9.55 Å². The van der Waals surface area contributed by atoms with E-state index >= 15 is 0 Å². The number of aromatic amines is 1. The highest BCUT2D eigenvalue weighted by Crippen LogP contribution is 2.66. The van der Waals surface area contributed by atoms with Crippen molar-refractivity contribution in [3.05, 3.63) is 38.1 Å². The zero-order chi connectivity index (χ0) is 24.5. The first-order valence-electron chi connectivity index (χ1n) is 7.87. The Morgan fingerprint density at radius 1 is 1.22 bits per heavy atom. The maximum Gasteiger partial charge on any atom is 0.490 e. The lowest BCUT2D eigenvalue weighted by Gasteiger charge is -2.32. The molecule has 4 atom stereocenters. The molecular formula is C11H16ClN2O14P3S. The molecule has 0 aromatic carbocycles. The van der Waals surface area contributed by atoms with Gasteiger partial charge in [0, 0.05) is 18.0 Å². The first kappa shape index (κ1) is 27.5. The van der Waals surface area contributed by atoms with Gasteiger partial charge < -0.3 is 29.4 Å². The molecule has 0 aliphatic carbocycles. The molecule has 0 spiro atoms. The summed E-state index contributed by atoms with van der Waals surface area (Å²) < 4.78 is 52.2. The van der Waals surface area contributed by atoms with Crippen LogP contribution in [-0.2, 0) is 31.6 Å². The van der Waals surface area contributed by atoms with E-state index < -0.39 is 63.9 Å². The standard InChI is InChI=1S/C11H16ClN2O14P3S/c1-32-5-11(4-25-30(21,22)28-31(23,24)27-29(18,19)20)8(16)7(12)9(26-11)14-3-2-6(15)13-10(14)17/h2-3,8,16H,4-5H2,1H3,(H,21,22)(H,23,24)(H,13,15,17)(H2,18,19,20)/t8-,11-/m0/s1. The zero-order valence-corrected chi connectivity index (χ0v) is 19.9. The molecule has 1 aliphatic heterocycles. The highest BCUT2D eigenvalue weighted by molar-refractivity contribution is 7.98. The van der Waals surface area contributed by atoms with E-state index in [2.05, 4.69) is 13.1 Å². The minimum absolute atomic E-state index is 0.179. The topological polar surface area (TPSA) is 244 Å². The number of ether oxygens (including phenoxy) is 1. The number of nitrogens with one attached hydrogen (secondary N) is 1. The number of phosphoric ester groups is 1. The average Bonchev–Trinajstić information content (AvgIpc) is 2.83. The molecule has 1 aromatic heterocycles. The van der Waals surface area contributed by atoms with Crippen LogP contribution in [0.25, 0.3) is 5.88 Å². The Bertz CT molecular complexity index is 1160. The molecule has 32 heavy (non-hydrogen) atoms. The number of aliphatic hydroxyl groups excluding tert-OH is 1. The first-order chi connectivity index (χ1) is 14.5. The average molecular weight is 561 g/mol. The molecule has 6 N–H and O–H groups in total. The van der Waals surface area contributed by atoms with Crippen LogP contribution in [0, 0.1) is 0 Å². The van der Waals surface area contributed by atoms with Crippen LogP contribution in [0.5, 0.6) is 0 Å². The third-order valence-electron chi connectivity index (χ3n) is 3.56. The fourth-order valence-corrected chi connectivity index (χ4v) is 6.58. The zero-order valence-electron chi connectivity index (χ0n) is 15.6. The van der Waals surface area contributed by atoms with E-state index in [0.29, 0.717) is 0 Å². The van der Waals surface area contributed by atoms with Crippen LogP contribution in [0.15, 0.2) is 26.9 Å². The molecule has 0 amide bonds. The number of aromatic nitrogens is 2. The van der Waals surface area contributed by atoms with Crippen molar-refractivity contribution in [2.24, 2.45) is 0 Å². The second-order valence-corrected chi connectivity index (χ2v) is 11.7. The van der Waals surface area contributed by atoms with E-state index in [9.17, 15) is 38.2 Å². The molecule has 182 valence electrons. The van der Waals surface area contributed by atoms with Gasteiger partial charge in [-0.25, -0.2) is 23.1 Å². The summed E-state index contributed by atoms with van der Waals surface area (Å²) in [7, 11) is -16.9. The summed E-state index contributed by atoms with van der Waals surface area (Å²) in [5.41, 5.74) is -3.65. The fourth-order valence-electron chi connectivity index (χ4n) is 2.38. The van der Waals surface area contributed by atoms with Crippen molar-refractivity contribution in [2.75, 3.05) is 18.6 Å². The predicted octanol–water partition coefficient (Wildman–Crippen LogP) is -0.262. The molecule has 2 heterocycles. The summed E-state index contributed by atoms with van der Waals surface area (Å²) in [5, 5.41) is 10.1. The molecule has 16 nitrogen and oxygen atoms in total. The van der Waals surface area contributed by atoms with Crippen molar-refractivity contribution >= 4 is 52.7 Å². The Labute approximate surface area is 187 Å². The number of nitrogens with zero attached hydrogens (tertiary/aromatic N) is 1. The number of rotatable bonds is 10. The van der Waals surface area contributed by atoms with Gasteiger partial charge in [-0.05, 0) is 6.26 Å². The van der Waals surface area contributed by atoms with Gasteiger partial charge in [-0.15, -0.1) is 0 Å². The summed E-state index contributed by atoms with van der Waals surface area (Å²) >= 11 is 7.10. The molecule has 0 bridgehead atoms. The lowest BCUT2D eigenvalue weighted by molar-refractivity contribution is -0.0512. The maximum absolute atomic E-state index is 12.0. The number of H-pyrrole nitrogens is 1. The lowest BCUT2D eigenvalue weighted by atomic mass is 10.0. The Morgan fingerprint density at radius 2 is 1.84 bits per heavy atom. The Kier molecular flexibility index (Phi) is 8.45. The van der Waals surface area contributed by atoms with Gasteiger partial charge in [0.25, 0.3) is 5.56 Å². The van der Waals surface area contributed by atoms with Gasteiger partial charge in [-0.1, -0.05) is 11.6 Å². The van der Waals surface area contributed by atoms with Crippen molar-refractivity contribution < 1.29 is 56.3 Å². The quantitative estimate of drug-likeness (QED) is 0.202. The Hall–Kier alpha value is -0.770. The summed E-state index contributed by atoms with van der Waals surface area (Å²) in [6, 6.07) is 0.953. The van der Waals surface area contributed by atoms with Gasteiger partial charge in [-0.3, -0.25) is 14.3 Å². The van der Waals surface area contributed by atoms with Gasteiger partial charge in [0.2, 0.25) is 5.88 Å². The molecule has 0 saturated heterocycles. The van der Waals surface area contributed by atoms with E-state index in [4.69, 9.17) is 26.1 Å². The summed E-state index contributed by atoms with van der Waals surface area (Å²) in [4.78, 5) is 61.1. The Morgan fingerprint density at radius 3 is 2.38 bits per heavy atom. The number of halogens is 1. The van der Waals surface area contributed by atoms with Gasteiger partial charge in [0.1, 0.15) is 17.7 Å². The molecule has 0 fully saturated rings.